The minimum atomic E-state index is 0.194. The first-order valence-corrected chi connectivity index (χ1v) is 8.06. The monoisotopic (exact) mass is 310 g/mol. The molecule has 0 saturated heterocycles. The lowest BCUT2D eigenvalue weighted by Crippen LogP contribution is -2.31. The summed E-state index contributed by atoms with van der Waals surface area (Å²) in [6, 6.07) is 17.5. The third-order valence-electron chi connectivity index (χ3n) is 3.93. The van der Waals surface area contributed by atoms with Crippen molar-refractivity contribution in [2.75, 3.05) is 26.2 Å². The van der Waals surface area contributed by atoms with Crippen LogP contribution in [0.1, 0.15) is 12.0 Å². The van der Waals surface area contributed by atoms with Crippen LogP contribution in [-0.2, 0) is 6.42 Å². The number of ether oxygens (including phenoxy) is 1. The van der Waals surface area contributed by atoms with Gasteiger partial charge in [0.15, 0.2) is 11.5 Å². The second kappa shape index (κ2) is 7.68. The average Bonchev–Trinajstić information content (AvgIpc) is 3.01. The molecule has 1 heterocycles. The van der Waals surface area contributed by atoms with Crippen molar-refractivity contribution in [2.45, 2.75) is 12.8 Å². The van der Waals surface area contributed by atoms with Gasteiger partial charge in [-0.1, -0.05) is 42.5 Å². The molecule has 0 fully saturated rings. The van der Waals surface area contributed by atoms with E-state index in [1.807, 2.05) is 12.1 Å². The number of amidine groups is 1. The Morgan fingerprint density at radius 1 is 1.04 bits per heavy atom. The second-order valence-electron chi connectivity index (χ2n) is 5.62. The lowest BCUT2D eigenvalue weighted by atomic mass is 10.1. The summed E-state index contributed by atoms with van der Waals surface area (Å²) >= 11 is 0. The predicted molar refractivity (Wildman–Crippen MR) is 92.2 cm³/mol. The number of hydrogen-bond acceptors (Lipinski definition) is 4. The van der Waals surface area contributed by atoms with Crippen LogP contribution >= 0.6 is 0 Å². The molecule has 4 heteroatoms. The number of phenols is 1. The van der Waals surface area contributed by atoms with Crippen molar-refractivity contribution in [3.05, 3.63) is 60.2 Å². The lowest BCUT2D eigenvalue weighted by Gasteiger charge is -2.20. The van der Waals surface area contributed by atoms with Crippen LogP contribution in [0.5, 0.6) is 11.5 Å². The van der Waals surface area contributed by atoms with Crippen LogP contribution in [0.15, 0.2) is 59.6 Å². The average molecular weight is 310 g/mol. The smallest absolute Gasteiger partial charge is 0.160 e. The zero-order valence-corrected chi connectivity index (χ0v) is 13.2. The van der Waals surface area contributed by atoms with Crippen molar-refractivity contribution in [2.24, 2.45) is 4.99 Å². The maximum absolute atomic E-state index is 9.67. The summed E-state index contributed by atoms with van der Waals surface area (Å²) in [6.07, 6.45) is 1.79. The molecule has 23 heavy (non-hydrogen) atoms. The number of rotatable bonds is 7. The summed E-state index contributed by atoms with van der Waals surface area (Å²) in [5.74, 6) is 1.91. The fourth-order valence-electron chi connectivity index (χ4n) is 2.73. The second-order valence-corrected chi connectivity index (χ2v) is 5.62. The molecular weight excluding hydrogens is 288 g/mol. The summed E-state index contributed by atoms with van der Waals surface area (Å²) in [5, 5.41) is 9.67. The van der Waals surface area contributed by atoms with Gasteiger partial charge in [-0.25, -0.2) is 0 Å². The summed E-state index contributed by atoms with van der Waals surface area (Å²) in [4.78, 5) is 6.96. The van der Waals surface area contributed by atoms with E-state index < -0.39 is 0 Å². The van der Waals surface area contributed by atoms with Crippen LogP contribution in [-0.4, -0.2) is 42.1 Å². The Kier molecular flexibility index (Phi) is 5.14. The van der Waals surface area contributed by atoms with Gasteiger partial charge >= 0.3 is 0 Å². The molecule has 0 amide bonds. The van der Waals surface area contributed by atoms with Crippen LogP contribution in [0.2, 0.25) is 0 Å². The van der Waals surface area contributed by atoms with Crippen molar-refractivity contribution >= 4 is 5.84 Å². The number of benzene rings is 2. The highest BCUT2D eigenvalue weighted by molar-refractivity contribution is 5.85. The summed E-state index contributed by atoms with van der Waals surface area (Å²) in [7, 11) is 0. The van der Waals surface area contributed by atoms with Gasteiger partial charge < -0.3 is 14.7 Å². The SMILES string of the molecule is Oc1ccccc1OCCCN1CCN=C1Cc1ccccc1. The molecular formula is C19H22N2O2. The maximum Gasteiger partial charge on any atom is 0.160 e. The zero-order valence-electron chi connectivity index (χ0n) is 13.2. The normalized spacial score (nSPS) is 13.9. The molecule has 1 aliphatic heterocycles. The Balaban J connectivity index is 1.45. The van der Waals surface area contributed by atoms with Gasteiger partial charge in [0.05, 0.1) is 13.2 Å². The Hall–Kier alpha value is -2.49. The van der Waals surface area contributed by atoms with Gasteiger partial charge in [0.1, 0.15) is 5.84 Å². The number of aromatic hydroxyl groups is 1. The molecule has 2 aromatic carbocycles. The van der Waals surface area contributed by atoms with Gasteiger partial charge in [-0.3, -0.25) is 4.99 Å². The van der Waals surface area contributed by atoms with E-state index in [4.69, 9.17) is 4.74 Å². The molecule has 0 aliphatic carbocycles. The van der Waals surface area contributed by atoms with Gasteiger partial charge in [-0.15, -0.1) is 0 Å². The van der Waals surface area contributed by atoms with Gasteiger partial charge in [-0.2, -0.15) is 0 Å². The van der Waals surface area contributed by atoms with Crippen LogP contribution in [0, 0.1) is 0 Å². The van der Waals surface area contributed by atoms with E-state index >= 15 is 0 Å². The first-order chi connectivity index (χ1) is 11.3. The van der Waals surface area contributed by atoms with E-state index in [0.717, 1.165) is 32.5 Å². The molecule has 4 nitrogen and oxygen atoms in total. The number of para-hydroxylation sites is 2. The Morgan fingerprint density at radius 3 is 2.65 bits per heavy atom. The fraction of sp³-hybridized carbons (Fsp3) is 0.316. The lowest BCUT2D eigenvalue weighted by molar-refractivity contribution is 0.277. The highest BCUT2D eigenvalue weighted by Crippen LogP contribution is 2.24. The molecule has 0 atom stereocenters. The Bertz CT molecular complexity index is 655. The first-order valence-electron chi connectivity index (χ1n) is 8.06. The van der Waals surface area contributed by atoms with Gasteiger partial charge in [-0.05, 0) is 24.1 Å². The molecule has 0 radical (unpaired) electrons. The van der Waals surface area contributed by atoms with Crippen molar-refractivity contribution in [3.8, 4) is 11.5 Å². The van der Waals surface area contributed by atoms with Gasteiger partial charge in [0, 0.05) is 19.5 Å². The van der Waals surface area contributed by atoms with E-state index in [1.54, 1.807) is 18.2 Å². The molecule has 1 N–H and O–H groups in total. The third kappa shape index (κ3) is 4.25. The number of phenolic OH excluding ortho intramolecular Hbond substituents is 1. The first kappa shape index (κ1) is 15.4. The molecule has 0 bridgehead atoms. The molecule has 0 saturated carbocycles. The summed E-state index contributed by atoms with van der Waals surface area (Å²) < 4.78 is 5.63. The molecule has 2 aromatic rings. The van der Waals surface area contributed by atoms with Crippen molar-refractivity contribution in [3.63, 3.8) is 0 Å². The Labute approximate surface area is 137 Å². The van der Waals surface area contributed by atoms with Gasteiger partial charge in [0.25, 0.3) is 0 Å². The van der Waals surface area contributed by atoms with Crippen molar-refractivity contribution < 1.29 is 9.84 Å². The minimum absolute atomic E-state index is 0.194. The highest BCUT2D eigenvalue weighted by atomic mass is 16.5. The van der Waals surface area contributed by atoms with Crippen LogP contribution in [0.4, 0.5) is 0 Å². The van der Waals surface area contributed by atoms with Crippen LogP contribution < -0.4 is 4.74 Å². The standard InChI is InChI=1S/C19H22N2O2/c22-17-9-4-5-10-18(17)23-14-6-12-21-13-11-20-19(21)15-16-7-2-1-3-8-16/h1-5,7-10,22H,6,11-15H2. The topological polar surface area (TPSA) is 45.1 Å². The fourth-order valence-corrected chi connectivity index (χ4v) is 2.73. The van der Waals surface area contributed by atoms with Crippen molar-refractivity contribution in [1.29, 1.82) is 0 Å². The van der Waals surface area contributed by atoms with Gasteiger partial charge in [0.2, 0.25) is 0 Å². The molecule has 120 valence electrons. The van der Waals surface area contributed by atoms with E-state index in [9.17, 15) is 5.11 Å². The van der Waals surface area contributed by atoms with E-state index in [0.29, 0.717) is 12.4 Å². The van der Waals surface area contributed by atoms with E-state index in [2.05, 4.69) is 34.2 Å². The number of nitrogens with zero attached hydrogens (tertiary/aromatic N) is 2. The van der Waals surface area contributed by atoms with E-state index in [-0.39, 0.29) is 5.75 Å². The molecule has 1 aliphatic rings. The highest BCUT2D eigenvalue weighted by Gasteiger charge is 2.16. The minimum Gasteiger partial charge on any atom is -0.504 e. The number of aliphatic imine (C=N–C) groups is 1. The molecule has 0 unspecified atom stereocenters. The van der Waals surface area contributed by atoms with Crippen LogP contribution in [0.25, 0.3) is 0 Å². The maximum atomic E-state index is 9.67. The molecule has 3 rings (SSSR count). The Morgan fingerprint density at radius 2 is 1.83 bits per heavy atom. The summed E-state index contributed by atoms with van der Waals surface area (Å²) in [6.45, 7) is 3.38. The molecule has 0 spiro atoms. The largest absolute Gasteiger partial charge is 0.504 e. The quantitative estimate of drug-likeness (QED) is 0.799. The van der Waals surface area contributed by atoms with Crippen LogP contribution in [0.3, 0.4) is 0 Å². The molecule has 0 aromatic heterocycles. The third-order valence-corrected chi connectivity index (χ3v) is 3.93. The zero-order chi connectivity index (χ0) is 15.9. The predicted octanol–water partition coefficient (Wildman–Crippen LogP) is 3.12. The number of hydrogen-bond donors (Lipinski definition) is 1. The summed E-state index contributed by atoms with van der Waals surface area (Å²) in [5.41, 5.74) is 1.30. The van der Waals surface area contributed by atoms with E-state index in [1.165, 1.54) is 11.4 Å². The van der Waals surface area contributed by atoms with Crippen molar-refractivity contribution in [1.82, 2.24) is 4.90 Å².